The molecular formula is C15H26N4O2. The fourth-order valence-electron chi connectivity index (χ4n) is 3.79. The van der Waals surface area contributed by atoms with Crippen molar-refractivity contribution in [1.29, 1.82) is 0 Å². The molecule has 1 N–H and O–H groups in total. The SMILES string of the molecule is CC(C)(C(=O)N1CCN2C(=O)CCC2C1)N1CCNCC1. The van der Waals surface area contributed by atoms with Gasteiger partial charge in [0.15, 0.2) is 0 Å². The molecule has 1 atom stereocenters. The zero-order chi connectivity index (χ0) is 15.0. The van der Waals surface area contributed by atoms with Crippen molar-refractivity contribution in [3.63, 3.8) is 0 Å². The molecule has 0 aromatic carbocycles. The van der Waals surface area contributed by atoms with Crippen molar-refractivity contribution in [3.05, 3.63) is 0 Å². The maximum Gasteiger partial charge on any atom is 0.242 e. The van der Waals surface area contributed by atoms with E-state index >= 15 is 0 Å². The first-order valence-corrected chi connectivity index (χ1v) is 8.05. The summed E-state index contributed by atoms with van der Waals surface area (Å²) in [5.74, 6) is 0.469. The van der Waals surface area contributed by atoms with Gasteiger partial charge >= 0.3 is 0 Å². The van der Waals surface area contributed by atoms with Gasteiger partial charge in [-0.25, -0.2) is 0 Å². The molecule has 0 aromatic rings. The molecule has 6 heteroatoms. The van der Waals surface area contributed by atoms with E-state index in [1.54, 1.807) is 0 Å². The standard InChI is InChI=1S/C15H26N4O2/c1-15(2,18-7-5-16-6-8-18)14(21)17-9-10-19-12(11-17)3-4-13(19)20/h12,16H,3-11H2,1-2H3. The fraction of sp³-hybridized carbons (Fsp3) is 0.867. The van der Waals surface area contributed by atoms with Gasteiger partial charge in [0.2, 0.25) is 11.8 Å². The first-order chi connectivity index (χ1) is 10.00. The van der Waals surface area contributed by atoms with Crippen LogP contribution in [0.3, 0.4) is 0 Å². The third-order valence-electron chi connectivity index (χ3n) is 5.21. The zero-order valence-electron chi connectivity index (χ0n) is 13.1. The first kappa shape index (κ1) is 14.8. The molecule has 3 fully saturated rings. The lowest BCUT2D eigenvalue weighted by molar-refractivity contribution is -0.148. The van der Waals surface area contributed by atoms with Crippen LogP contribution >= 0.6 is 0 Å². The van der Waals surface area contributed by atoms with Crippen LogP contribution in [-0.2, 0) is 9.59 Å². The molecule has 3 aliphatic heterocycles. The predicted octanol–water partition coefficient (Wildman–Crippen LogP) is -0.497. The molecule has 6 nitrogen and oxygen atoms in total. The van der Waals surface area contributed by atoms with Crippen LogP contribution in [0.1, 0.15) is 26.7 Å². The topological polar surface area (TPSA) is 55.9 Å². The number of nitrogens with zero attached hydrogens (tertiary/aromatic N) is 3. The molecular weight excluding hydrogens is 268 g/mol. The number of rotatable bonds is 2. The van der Waals surface area contributed by atoms with Gasteiger partial charge in [0.05, 0.1) is 5.54 Å². The Hall–Kier alpha value is -1.14. The third-order valence-corrected chi connectivity index (χ3v) is 5.21. The summed E-state index contributed by atoms with van der Waals surface area (Å²) in [6.07, 6.45) is 1.55. The number of hydrogen-bond donors (Lipinski definition) is 1. The molecule has 1 unspecified atom stereocenters. The Labute approximate surface area is 126 Å². The molecule has 3 aliphatic rings. The van der Waals surface area contributed by atoms with Crippen LogP contribution in [0.2, 0.25) is 0 Å². The summed E-state index contributed by atoms with van der Waals surface area (Å²) in [5.41, 5.74) is -0.452. The van der Waals surface area contributed by atoms with Crippen molar-refractivity contribution in [2.75, 3.05) is 45.8 Å². The van der Waals surface area contributed by atoms with Gasteiger partial charge in [0.25, 0.3) is 0 Å². The summed E-state index contributed by atoms with van der Waals surface area (Å²) in [4.78, 5) is 30.9. The molecule has 0 aromatic heterocycles. The van der Waals surface area contributed by atoms with Gasteiger partial charge in [-0.05, 0) is 20.3 Å². The summed E-state index contributed by atoms with van der Waals surface area (Å²) >= 11 is 0. The van der Waals surface area contributed by atoms with E-state index in [0.717, 1.165) is 32.6 Å². The number of nitrogens with one attached hydrogen (secondary N) is 1. The van der Waals surface area contributed by atoms with Crippen molar-refractivity contribution < 1.29 is 9.59 Å². The molecule has 3 heterocycles. The second-order valence-corrected chi connectivity index (χ2v) is 6.83. The number of carbonyl (C=O) groups excluding carboxylic acids is 2. The van der Waals surface area contributed by atoms with Gasteiger partial charge in [0, 0.05) is 58.3 Å². The molecule has 2 amide bonds. The second kappa shape index (κ2) is 5.57. The summed E-state index contributed by atoms with van der Waals surface area (Å²) in [6.45, 7) is 9.88. The summed E-state index contributed by atoms with van der Waals surface area (Å²) in [7, 11) is 0. The number of carbonyl (C=O) groups is 2. The van der Waals surface area contributed by atoms with E-state index in [4.69, 9.17) is 0 Å². The predicted molar refractivity (Wildman–Crippen MR) is 79.8 cm³/mol. The van der Waals surface area contributed by atoms with E-state index in [-0.39, 0.29) is 17.9 Å². The molecule has 3 saturated heterocycles. The summed E-state index contributed by atoms with van der Waals surface area (Å²) < 4.78 is 0. The fourth-order valence-corrected chi connectivity index (χ4v) is 3.79. The average Bonchev–Trinajstić information content (AvgIpc) is 2.88. The zero-order valence-corrected chi connectivity index (χ0v) is 13.1. The highest BCUT2D eigenvalue weighted by molar-refractivity contribution is 5.86. The molecule has 0 aliphatic carbocycles. The Morgan fingerprint density at radius 2 is 1.90 bits per heavy atom. The van der Waals surface area contributed by atoms with Crippen molar-refractivity contribution in [3.8, 4) is 0 Å². The average molecular weight is 294 g/mol. The van der Waals surface area contributed by atoms with E-state index in [0.29, 0.717) is 26.1 Å². The molecule has 118 valence electrons. The maximum atomic E-state index is 12.9. The van der Waals surface area contributed by atoms with E-state index in [1.807, 2.05) is 23.6 Å². The first-order valence-electron chi connectivity index (χ1n) is 8.05. The Morgan fingerprint density at radius 3 is 2.62 bits per heavy atom. The molecule has 0 spiro atoms. The maximum absolute atomic E-state index is 12.9. The van der Waals surface area contributed by atoms with E-state index in [1.165, 1.54) is 0 Å². The number of fused-ring (bicyclic) bond motifs is 1. The van der Waals surface area contributed by atoms with Gasteiger partial charge in [-0.1, -0.05) is 0 Å². The molecule has 0 bridgehead atoms. The van der Waals surface area contributed by atoms with Crippen molar-refractivity contribution in [1.82, 2.24) is 20.0 Å². The summed E-state index contributed by atoms with van der Waals surface area (Å²) in [6, 6.07) is 0.244. The normalized spacial score (nSPS) is 27.9. The van der Waals surface area contributed by atoms with Crippen LogP contribution in [0.5, 0.6) is 0 Å². The second-order valence-electron chi connectivity index (χ2n) is 6.83. The smallest absolute Gasteiger partial charge is 0.242 e. The third kappa shape index (κ3) is 2.66. The van der Waals surface area contributed by atoms with Crippen LogP contribution in [0.25, 0.3) is 0 Å². The molecule has 0 saturated carbocycles. The Morgan fingerprint density at radius 1 is 1.19 bits per heavy atom. The van der Waals surface area contributed by atoms with E-state index in [9.17, 15) is 9.59 Å². The van der Waals surface area contributed by atoms with E-state index < -0.39 is 5.54 Å². The number of amides is 2. The lowest BCUT2D eigenvalue weighted by atomic mass is 9.98. The van der Waals surface area contributed by atoms with Crippen molar-refractivity contribution in [2.45, 2.75) is 38.3 Å². The lowest BCUT2D eigenvalue weighted by Crippen LogP contribution is -2.63. The minimum atomic E-state index is -0.452. The minimum absolute atomic E-state index is 0.211. The van der Waals surface area contributed by atoms with Gasteiger partial charge in [-0.2, -0.15) is 0 Å². The largest absolute Gasteiger partial charge is 0.337 e. The van der Waals surface area contributed by atoms with E-state index in [2.05, 4.69) is 10.2 Å². The minimum Gasteiger partial charge on any atom is -0.337 e. The monoisotopic (exact) mass is 294 g/mol. The highest BCUT2D eigenvalue weighted by Crippen LogP contribution is 2.26. The molecule has 21 heavy (non-hydrogen) atoms. The van der Waals surface area contributed by atoms with Gasteiger partial charge < -0.3 is 15.1 Å². The van der Waals surface area contributed by atoms with Crippen molar-refractivity contribution in [2.24, 2.45) is 0 Å². The van der Waals surface area contributed by atoms with Gasteiger partial charge in [-0.15, -0.1) is 0 Å². The highest BCUT2D eigenvalue weighted by atomic mass is 16.2. The molecule has 0 radical (unpaired) electrons. The van der Waals surface area contributed by atoms with Gasteiger partial charge in [0.1, 0.15) is 0 Å². The molecule has 3 rings (SSSR count). The quantitative estimate of drug-likeness (QED) is 0.746. The van der Waals surface area contributed by atoms with Crippen LogP contribution < -0.4 is 5.32 Å². The number of piperazine rings is 2. The van der Waals surface area contributed by atoms with Crippen LogP contribution in [0.15, 0.2) is 0 Å². The Bertz CT molecular complexity index is 431. The Balaban J connectivity index is 1.66. The highest BCUT2D eigenvalue weighted by Gasteiger charge is 2.42. The lowest BCUT2D eigenvalue weighted by Gasteiger charge is -2.45. The van der Waals surface area contributed by atoms with Crippen LogP contribution in [0.4, 0.5) is 0 Å². The van der Waals surface area contributed by atoms with Crippen LogP contribution in [0, 0.1) is 0 Å². The number of hydrogen-bond acceptors (Lipinski definition) is 4. The van der Waals surface area contributed by atoms with Gasteiger partial charge in [-0.3, -0.25) is 14.5 Å². The van der Waals surface area contributed by atoms with Crippen LogP contribution in [-0.4, -0.2) is 83.9 Å². The van der Waals surface area contributed by atoms with Crippen molar-refractivity contribution >= 4 is 11.8 Å². The summed E-state index contributed by atoms with van der Waals surface area (Å²) in [5, 5.41) is 3.33. The Kier molecular flexibility index (Phi) is 3.92.